The lowest BCUT2D eigenvalue weighted by atomic mass is 9.97. The Morgan fingerprint density at radius 1 is 1.23 bits per heavy atom. The number of aliphatic hydroxyl groups excluding tert-OH is 2. The number of rotatable bonds is 7. The molecule has 3 atom stereocenters. The van der Waals surface area contributed by atoms with Crippen LogP contribution in [0, 0.1) is 0 Å². The fourth-order valence-corrected chi connectivity index (χ4v) is 1.29. The largest absolute Gasteiger partial charge is 0.396 e. The van der Waals surface area contributed by atoms with Crippen molar-refractivity contribution in [2.45, 2.75) is 50.8 Å². The maximum atomic E-state index is 9.52. The Kier molecular flexibility index (Phi) is 7.17. The summed E-state index contributed by atoms with van der Waals surface area (Å²) in [6.45, 7) is 2.12. The smallest absolute Gasteiger partial charge is 0.0706 e. The van der Waals surface area contributed by atoms with Gasteiger partial charge in [-0.25, -0.2) is 0 Å². The molecule has 0 aromatic heterocycles. The van der Waals surface area contributed by atoms with Crippen LogP contribution >= 0.6 is 0 Å². The van der Waals surface area contributed by atoms with Crippen LogP contribution in [-0.2, 0) is 0 Å². The molecule has 0 aromatic rings. The minimum Gasteiger partial charge on any atom is -0.396 e. The van der Waals surface area contributed by atoms with E-state index in [0.29, 0.717) is 19.3 Å². The Morgan fingerprint density at radius 3 is 2.31 bits per heavy atom. The van der Waals surface area contributed by atoms with E-state index in [1.54, 1.807) is 0 Å². The number of hydrogen-bond donors (Lipinski definition) is 4. The Balaban J connectivity index is 3.71. The van der Waals surface area contributed by atoms with E-state index in [4.69, 9.17) is 16.6 Å². The summed E-state index contributed by atoms with van der Waals surface area (Å²) in [5.74, 6) is 0. The SMILES string of the molecule is CCCC(O)C(N)C(N)CCCO. The summed E-state index contributed by atoms with van der Waals surface area (Å²) in [7, 11) is 0. The molecule has 4 heteroatoms. The van der Waals surface area contributed by atoms with E-state index in [-0.39, 0.29) is 18.7 Å². The van der Waals surface area contributed by atoms with Crippen molar-refractivity contribution < 1.29 is 10.2 Å². The van der Waals surface area contributed by atoms with Gasteiger partial charge in [-0.2, -0.15) is 0 Å². The molecule has 3 unspecified atom stereocenters. The molecule has 13 heavy (non-hydrogen) atoms. The van der Waals surface area contributed by atoms with Crippen molar-refractivity contribution in [2.75, 3.05) is 6.61 Å². The quantitative estimate of drug-likeness (QED) is 0.438. The zero-order valence-electron chi connectivity index (χ0n) is 8.32. The molecular formula is C9H22N2O2. The second kappa shape index (κ2) is 7.26. The van der Waals surface area contributed by atoms with Gasteiger partial charge in [-0.05, 0) is 19.3 Å². The molecule has 0 saturated carbocycles. The summed E-state index contributed by atoms with van der Waals surface area (Å²) in [5.41, 5.74) is 11.5. The normalized spacial score (nSPS) is 18.2. The van der Waals surface area contributed by atoms with E-state index >= 15 is 0 Å². The molecule has 0 amide bonds. The predicted octanol–water partition coefficient (Wildman–Crippen LogP) is -0.425. The fourth-order valence-electron chi connectivity index (χ4n) is 1.29. The third kappa shape index (κ3) is 5.21. The molecule has 6 N–H and O–H groups in total. The lowest BCUT2D eigenvalue weighted by Crippen LogP contribution is -2.49. The monoisotopic (exact) mass is 190 g/mol. The van der Waals surface area contributed by atoms with Crippen molar-refractivity contribution in [2.24, 2.45) is 11.5 Å². The van der Waals surface area contributed by atoms with Crippen molar-refractivity contribution in [3.8, 4) is 0 Å². The summed E-state index contributed by atoms with van der Waals surface area (Å²) >= 11 is 0. The van der Waals surface area contributed by atoms with Crippen molar-refractivity contribution in [1.82, 2.24) is 0 Å². The highest BCUT2D eigenvalue weighted by molar-refractivity contribution is 4.82. The molecule has 0 aliphatic heterocycles. The zero-order chi connectivity index (χ0) is 10.3. The second-order valence-corrected chi connectivity index (χ2v) is 3.46. The van der Waals surface area contributed by atoms with Crippen LogP contribution in [0.2, 0.25) is 0 Å². The first-order valence-electron chi connectivity index (χ1n) is 4.93. The van der Waals surface area contributed by atoms with Crippen LogP contribution < -0.4 is 11.5 Å². The van der Waals surface area contributed by atoms with Gasteiger partial charge in [0.1, 0.15) is 0 Å². The standard InChI is InChI=1S/C9H22N2O2/c1-2-4-8(13)9(11)7(10)5-3-6-12/h7-9,12-13H,2-6,10-11H2,1H3. The summed E-state index contributed by atoms with van der Waals surface area (Å²) in [6, 6.07) is -0.583. The van der Waals surface area contributed by atoms with Gasteiger partial charge >= 0.3 is 0 Å². The van der Waals surface area contributed by atoms with E-state index in [1.165, 1.54) is 0 Å². The summed E-state index contributed by atoms with van der Waals surface area (Å²) in [6.07, 6.45) is 2.39. The zero-order valence-corrected chi connectivity index (χ0v) is 8.32. The number of hydrogen-bond acceptors (Lipinski definition) is 4. The van der Waals surface area contributed by atoms with Crippen molar-refractivity contribution in [3.63, 3.8) is 0 Å². The number of aliphatic hydroxyl groups is 2. The summed E-state index contributed by atoms with van der Waals surface area (Å²) in [4.78, 5) is 0. The summed E-state index contributed by atoms with van der Waals surface area (Å²) in [5, 5.41) is 18.1. The van der Waals surface area contributed by atoms with Crippen molar-refractivity contribution in [1.29, 1.82) is 0 Å². The maximum absolute atomic E-state index is 9.52. The Labute approximate surface area is 79.9 Å². The third-order valence-corrected chi connectivity index (χ3v) is 2.22. The molecule has 80 valence electrons. The highest BCUT2D eigenvalue weighted by Gasteiger charge is 2.20. The van der Waals surface area contributed by atoms with Gasteiger partial charge in [0.25, 0.3) is 0 Å². The Hall–Kier alpha value is -0.160. The number of nitrogens with two attached hydrogens (primary N) is 2. The van der Waals surface area contributed by atoms with Crippen LogP contribution in [-0.4, -0.2) is 35.0 Å². The van der Waals surface area contributed by atoms with Crippen LogP contribution in [0.25, 0.3) is 0 Å². The van der Waals surface area contributed by atoms with Crippen LogP contribution in [0.4, 0.5) is 0 Å². The average Bonchev–Trinajstić information content (AvgIpc) is 2.13. The van der Waals surface area contributed by atoms with Gasteiger partial charge in [0.05, 0.1) is 6.10 Å². The lowest BCUT2D eigenvalue weighted by molar-refractivity contribution is 0.119. The van der Waals surface area contributed by atoms with Crippen LogP contribution in [0.15, 0.2) is 0 Å². The molecule has 0 saturated heterocycles. The third-order valence-electron chi connectivity index (χ3n) is 2.22. The molecule has 0 aromatic carbocycles. The molecule has 0 fully saturated rings. The first-order valence-corrected chi connectivity index (χ1v) is 4.93. The molecule has 0 spiro atoms. The van der Waals surface area contributed by atoms with Crippen LogP contribution in [0.5, 0.6) is 0 Å². The van der Waals surface area contributed by atoms with E-state index in [0.717, 1.165) is 6.42 Å². The fraction of sp³-hybridized carbons (Fsp3) is 1.00. The molecule has 0 heterocycles. The van der Waals surface area contributed by atoms with E-state index in [1.807, 2.05) is 6.92 Å². The van der Waals surface area contributed by atoms with E-state index in [9.17, 15) is 5.11 Å². The van der Waals surface area contributed by atoms with Gasteiger partial charge in [0.2, 0.25) is 0 Å². The minimum absolute atomic E-state index is 0.129. The van der Waals surface area contributed by atoms with Crippen molar-refractivity contribution in [3.05, 3.63) is 0 Å². The molecule has 0 bridgehead atoms. The van der Waals surface area contributed by atoms with Gasteiger partial charge in [0.15, 0.2) is 0 Å². The van der Waals surface area contributed by atoms with Gasteiger partial charge in [0, 0.05) is 18.7 Å². The molecule has 0 rings (SSSR count). The van der Waals surface area contributed by atoms with Crippen LogP contribution in [0.3, 0.4) is 0 Å². The lowest BCUT2D eigenvalue weighted by Gasteiger charge is -2.24. The molecule has 0 aliphatic carbocycles. The first-order chi connectivity index (χ1) is 6.13. The predicted molar refractivity (Wildman–Crippen MR) is 53.2 cm³/mol. The summed E-state index contributed by atoms with van der Waals surface area (Å²) < 4.78 is 0. The maximum Gasteiger partial charge on any atom is 0.0706 e. The molecule has 4 nitrogen and oxygen atoms in total. The minimum atomic E-state index is -0.515. The molecule has 0 radical (unpaired) electrons. The Morgan fingerprint density at radius 2 is 1.85 bits per heavy atom. The topological polar surface area (TPSA) is 92.5 Å². The highest BCUT2D eigenvalue weighted by Crippen LogP contribution is 2.06. The Bertz CT molecular complexity index is 122. The molecular weight excluding hydrogens is 168 g/mol. The van der Waals surface area contributed by atoms with Gasteiger partial charge < -0.3 is 21.7 Å². The average molecular weight is 190 g/mol. The van der Waals surface area contributed by atoms with E-state index in [2.05, 4.69) is 0 Å². The van der Waals surface area contributed by atoms with Gasteiger partial charge in [-0.1, -0.05) is 13.3 Å². The second-order valence-electron chi connectivity index (χ2n) is 3.46. The van der Waals surface area contributed by atoms with Crippen LogP contribution in [0.1, 0.15) is 32.6 Å². The van der Waals surface area contributed by atoms with Crippen molar-refractivity contribution >= 4 is 0 Å². The van der Waals surface area contributed by atoms with Gasteiger partial charge in [-0.15, -0.1) is 0 Å². The van der Waals surface area contributed by atoms with E-state index < -0.39 is 6.10 Å². The first kappa shape index (κ1) is 12.8. The molecule has 0 aliphatic rings. The van der Waals surface area contributed by atoms with Gasteiger partial charge in [-0.3, -0.25) is 0 Å². The highest BCUT2D eigenvalue weighted by atomic mass is 16.3.